The lowest BCUT2D eigenvalue weighted by atomic mass is 10.0. The Morgan fingerprint density at radius 3 is 2.76 bits per heavy atom. The first-order valence-electron chi connectivity index (χ1n) is 5.50. The molecular formula is C10H14ClN3O2S. The Labute approximate surface area is 106 Å². The average Bonchev–Trinajstić information content (AvgIpc) is 2.30. The molecule has 5 nitrogen and oxygen atoms in total. The third-order valence-electron chi connectivity index (χ3n) is 2.83. The maximum Gasteiger partial charge on any atom is 0.223 e. The molecule has 1 aliphatic rings. The monoisotopic (exact) mass is 275 g/mol. The van der Waals surface area contributed by atoms with E-state index in [0.29, 0.717) is 0 Å². The molecule has 1 fully saturated rings. The standard InChI is InChI=1S/C10H14ClN3O2S/c11-10-13-6-3-9(14-10)17(15,16)7-8-1-4-12-5-2-8/h3,6,8,12H,1-2,4-5,7H2. The van der Waals surface area contributed by atoms with Gasteiger partial charge in [-0.25, -0.2) is 18.4 Å². The molecule has 0 atom stereocenters. The number of halogens is 1. The van der Waals surface area contributed by atoms with Crippen LogP contribution in [0.2, 0.25) is 5.28 Å². The minimum absolute atomic E-state index is 0.0241. The molecule has 0 aliphatic carbocycles. The molecule has 1 aliphatic heterocycles. The van der Waals surface area contributed by atoms with E-state index in [2.05, 4.69) is 15.3 Å². The van der Waals surface area contributed by atoms with Crippen LogP contribution in [0.1, 0.15) is 12.8 Å². The molecule has 0 aromatic carbocycles. The normalized spacial score (nSPS) is 18.2. The molecule has 1 N–H and O–H groups in total. The van der Waals surface area contributed by atoms with Gasteiger partial charge in [0, 0.05) is 6.20 Å². The minimum atomic E-state index is -3.35. The summed E-state index contributed by atoms with van der Waals surface area (Å²) in [7, 11) is -3.35. The lowest BCUT2D eigenvalue weighted by Crippen LogP contribution is -2.31. The van der Waals surface area contributed by atoms with Crippen molar-refractivity contribution >= 4 is 21.4 Å². The van der Waals surface area contributed by atoms with E-state index in [0.717, 1.165) is 25.9 Å². The Balaban J connectivity index is 2.13. The predicted molar refractivity (Wildman–Crippen MR) is 64.7 cm³/mol. The van der Waals surface area contributed by atoms with Gasteiger partial charge in [0.15, 0.2) is 14.9 Å². The van der Waals surface area contributed by atoms with E-state index in [1.807, 2.05) is 0 Å². The van der Waals surface area contributed by atoms with Crippen molar-refractivity contribution in [1.29, 1.82) is 0 Å². The Morgan fingerprint density at radius 2 is 2.12 bits per heavy atom. The average molecular weight is 276 g/mol. The van der Waals surface area contributed by atoms with E-state index in [4.69, 9.17) is 11.6 Å². The molecule has 17 heavy (non-hydrogen) atoms. The van der Waals surface area contributed by atoms with Crippen molar-refractivity contribution < 1.29 is 8.42 Å². The molecule has 0 bridgehead atoms. The molecule has 1 aromatic heterocycles. The van der Waals surface area contributed by atoms with Gasteiger partial charge in [-0.1, -0.05) is 0 Å². The first-order chi connectivity index (χ1) is 8.08. The van der Waals surface area contributed by atoms with Crippen molar-refractivity contribution in [1.82, 2.24) is 15.3 Å². The van der Waals surface area contributed by atoms with Gasteiger partial charge in [-0.2, -0.15) is 0 Å². The highest BCUT2D eigenvalue weighted by atomic mass is 35.5. The van der Waals surface area contributed by atoms with E-state index >= 15 is 0 Å². The Kier molecular flexibility index (Phi) is 3.96. The van der Waals surface area contributed by atoms with Crippen molar-refractivity contribution in [3.05, 3.63) is 17.5 Å². The second-order valence-electron chi connectivity index (χ2n) is 4.14. The summed E-state index contributed by atoms with van der Waals surface area (Å²) >= 11 is 5.60. The van der Waals surface area contributed by atoms with Crippen LogP contribution in [0, 0.1) is 5.92 Å². The van der Waals surface area contributed by atoms with Gasteiger partial charge in [0.25, 0.3) is 0 Å². The van der Waals surface area contributed by atoms with Crippen LogP contribution in [0.4, 0.5) is 0 Å². The highest BCUT2D eigenvalue weighted by Crippen LogP contribution is 2.18. The zero-order chi connectivity index (χ0) is 12.3. The van der Waals surface area contributed by atoms with Gasteiger partial charge in [-0.05, 0) is 49.5 Å². The van der Waals surface area contributed by atoms with Crippen LogP contribution >= 0.6 is 11.6 Å². The molecule has 1 saturated heterocycles. The van der Waals surface area contributed by atoms with E-state index < -0.39 is 9.84 Å². The molecule has 0 radical (unpaired) electrons. The highest BCUT2D eigenvalue weighted by molar-refractivity contribution is 7.91. The van der Waals surface area contributed by atoms with Crippen molar-refractivity contribution in [3.8, 4) is 0 Å². The van der Waals surface area contributed by atoms with Gasteiger partial charge < -0.3 is 5.32 Å². The fourth-order valence-electron chi connectivity index (χ4n) is 1.94. The number of hydrogen-bond acceptors (Lipinski definition) is 5. The summed E-state index contributed by atoms with van der Waals surface area (Å²) in [6.07, 6.45) is 3.14. The summed E-state index contributed by atoms with van der Waals surface area (Å²) < 4.78 is 24.2. The van der Waals surface area contributed by atoms with Crippen LogP contribution in [-0.2, 0) is 9.84 Å². The Hall–Kier alpha value is -0.720. The zero-order valence-electron chi connectivity index (χ0n) is 9.26. The number of piperidine rings is 1. The summed E-state index contributed by atoms with van der Waals surface area (Å²) in [5.41, 5.74) is 0. The zero-order valence-corrected chi connectivity index (χ0v) is 10.8. The Bertz CT molecular complexity index is 486. The summed E-state index contributed by atoms with van der Waals surface area (Å²) in [6.45, 7) is 1.76. The van der Waals surface area contributed by atoms with Crippen LogP contribution in [0.25, 0.3) is 0 Å². The molecule has 0 unspecified atom stereocenters. The highest BCUT2D eigenvalue weighted by Gasteiger charge is 2.24. The third-order valence-corrected chi connectivity index (χ3v) is 4.79. The second kappa shape index (κ2) is 5.29. The van der Waals surface area contributed by atoms with Crippen LogP contribution < -0.4 is 5.32 Å². The smallest absolute Gasteiger partial charge is 0.223 e. The lowest BCUT2D eigenvalue weighted by Gasteiger charge is -2.21. The summed E-state index contributed by atoms with van der Waals surface area (Å²) in [6, 6.07) is 1.39. The SMILES string of the molecule is O=S(=O)(CC1CCNCC1)c1ccnc(Cl)n1. The largest absolute Gasteiger partial charge is 0.317 e. The maximum atomic E-state index is 12.1. The summed E-state index contributed by atoms with van der Waals surface area (Å²) in [5, 5.41) is 3.20. The fourth-order valence-corrected chi connectivity index (χ4v) is 3.75. The first-order valence-corrected chi connectivity index (χ1v) is 7.53. The van der Waals surface area contributed by atoms with Crippen LogP contribution in [-0.4, -0.2) is 37.2 Å². The number of sulfone groups is 1. The molecule has 0 amide bonds. The van der Waals surface area contributed by atoms with Gasteiger partial charge >= 0.3 is 0 Å². The van der Waals surface area contributed by atoms with Crippen molar-refractivity contribution in [3.63, 3.8) is 0 Å². The van der Waals surface area contributed by atoms with Gasteiger partial charge in [-0.15, -0.1) is 0 Å². The van der Waals surface area contributed by atoms with E-state index in [1.165, 1.54) is 12.3 Å². The van der Waals surface area contributed by atoms with Gasteiger partial charge in [0.1, 0.15) is 0 Å². The van der Waals surface area contributed by atoms with Gasteiger partial charge in [0.05, 0.1) is 5.75 Å². The molecule has 2 rings (SSSR count). The number of nitrogens with zero attached hydrogens (tertiary/aromatic N) is 2. The Morgan fingerprint density at radius 1 is 1.41 bits per heavy atom. The molecular weight excluding hydrogens is 262 g/mol. The molecule has 0 saturated carbocycles. The molecule has 2 heterocycles. The quantitative estimate of drug-likeness (QED) is 0.656. The number of hydrogen-bond donors (Lipinski definition) is 1. The van der Waals surface area contributed by atoms with E-state index in [9.17, 15) is 8.42 Å². The first kappa shape index (κ1) is 12.7. The lowest BCUT2D eigenvalue weighted by molar-refractivity contribution is 0.401. The van der Waals surface area contributed by atoms with Crippen LogP contribution in [0.3, 0.4) is 0 Å². The molecule has 94 valence electrons. The number of rotatable bonds is 3. The minimum Gasteiger partial charge on any atom is -0.317 e. The number of aromatic nitrogens is 2. The van der Waals surface area contributed by atoms with Crippen LogP contribution in [0.5, 0.6) is 0 Å². The number of nitrogens with one attached hydrogen (secondary N) is 1. The topological polar surface area (TPSA) is 72.0 Å². The van der Waals surface area contributed by atoms with Gasteiger partial charge in [-0.3, -0.25) is 0 Å². The second-order valence-corrected chi connectivity index (χ2v) is 6.46. The van der Waals surface area contributed by atoms with E-state index in [-0.39, 0.29) is 22.0 Å². The summed E-state index contributed by atoms with van der Waals surface area (Å²) in [5.74, 6) is 0.345. The van der Waals surface area contributed by atoms with Crippen molar-refractivity contribution in [2.24, 2.45) is 5.92 Å². The molecule has 0 spiro atoms. The maximum absolute atomic E-state index is 12.1. The molecule has 1 aromatic rings. The van der Waals surface area contributed by atoms with E-state index in [1.54, 1.807) is 0 Å². The van der Waals surface area contributed by atoms with Gasteiger partial charge in [0.2, 0.25) is 5.28 Å². The molecule has 7 heteroatoms. The third kappa shape index (κ3) is 3.37. The van der Waals surface area contributed by atoms with Crippen LogP contribution in [0.15, 0.2) is 17.3 Å². The predicted octanol–water partition coefficient (Wildman–Crippen LogP) is 0.903. The fraction of sp³-hybridized carbons (Fsp3) is 0.600. The summed E-state index contributed by atoms with van der Waals surface area (Å²) in [4.78, 5) is 7.44. The van der Waals surface area contributed by atoms with Crippen molar-refractivity contribution in [2.45, 2.75) is 17.9 Å². The van der Waals surface area contributed by atoms with Crippen molar-refractivity contribution in [2.75, 3.05) is 18.8 Å².